The summed E-state index contributed by atoms with van der Waals surface area (Å²) in [6, 6.07) is 16.1. The molecule has 2 aliphatic rings. The number of aryl methyl sites for hydroxylation is 1. The average Bonchev–Trinajstić information content (AvgIpc) is 3.52. The highest BCUT2D eigenvalue weighted by Crippen LogP contribution is 2.27. The van der Waals surface area contributed by atoms with E-state index in [9.17, 15) is 4.79 Å². The highest BCUT2D eigenvalue weighted by molar-refractivity contribution is 5.94. The Hall–Kier alpha value is -2.99. The second kappa shape index (κ2) is 8.63. The van der Waals surface area contributed by atoms with Crippen LogP contribution in [0.15, 0.2) is 52.9 Å². The molecule has 0 saturated carbocycles. The van der Waals surface area contributed by atoms with E-state index in [4.69, 9.17) is 4.42 Å². The number of hydrogen-bond acceptors (Lipinski definition) is 5. The average molecular weight is 417 g/mol. The molecule has 0 N–H and O–H groups in total. The van der Waals surface area contributed by atoms with E-state index in [1.165, 1.54) is 25.9 Å². The van der Waals surface area contributed by atoms with Crippen LogP contribution in [0.5, 0.6) is 0 Å². The molecule has 5 rings (SSSR count). The minimum atomic E-state index is 0.109. The third kappa shape index (κ3) is 4.12. The van der Waals surface area contributed by atoms with Crippen molar-refractivity contribution in [3.63, 3.8) is 0 Å². The van der Waals surface area contributed by atoms with Crippen LogP contribution >= 0.6 is 0 Å². The van der Waals surface area contributed by atoms with Gasteiger partial charge in [-0.15, -0.1) is 10.2 Å². The summed E-state index contributed by atoms with van der Waals surface area (Å²) in [5.74, 6) is 1.08. The number of carbonyl (C=O) groups excluding carboxylic acids is 1. The zero-order chi connectivity index (χ0) is 21.2. The number of nitrogens with zero attached hydrogens (tertiary/aromatic N) is 4. The second-order valence-corrected chi connectivity index (χ2v) is 8.57. The maximum absolute atomic E-state index is 13.0. The summed E-state index contributed by atoms with van der Waals surface area (Å²) >= 11 is 0. The summed E-state index contributed by atoms with van der Waals surface area (Å²) in [5, 5.41) is 8.40. The van der Waals surface area contributed by atoms with Crippen molar-refractivity contribution in [2.24, 2.45) is 0 Å². The largest absolute Gasteiger partial charge is 0.416 e. The Balaban J connectivity index is 1.24. The number of piperidine rings is 1. The molecule has 6 nitrogen and oxygen atoms in total. The van der Waals surface area contributed by atoms with Crippen molar-refractivity contribution in [2.75, 3.05) is 26.2 Å². The molecular weight excluding hydrogens is 388 g/mol. The molecule has 2 saturated heterocycles. The SMILES string of the molecule is Cc1ccccc1-c1nnc(-c2ccc(C(=O)N3CCC(N4CCCC4)CC3)cc2)o1. The molecular formula is C25H28N4O2. The van der Waals surface area contributed by atoms with Crippen LogP contribution in [-0.4, -0.2) is 58.1 Å². The van der Waals surface area contributed by atoms with Crippen LogP contribution in [0.4, 0.5) is 0 Å². The zero-order valence-electron chi connectivity index (χ0n) is 18.0. The summed E-state index contributed by atoms with van der Waals surface area (Å²) in [4.78, 5) is 17.6. The number of benzene rings is 2. The van der Waals surface area contributed by atoms with Gasteiger partial charge in [0.15, 0.2) is 0 Å². The van der Waals surface area contributed by atoms with E-state index < -0.39 is 0 Å². The van der Waals surface area contributed by atoms with Crippen molar-refractivity contribution >= 4 is 5.91 Å². The van der Waals surface area contributed by atoms with Gasteiger partial charge in [-0.3, -0.25) is 4.79 Å². The number of aromatic nitrogens is 2. The van der Waals surface area contributed by atoms with Crippen LogP contribution < -0.4 is 0 Å². The van der Waals surface area contributed by atoms with Gasteiger partial charge in [-0.2, -0.15) is 0 Å². The molecule has 2 fully saturated rings. The Bertz CT molecular complexity index is 1050. The van der Waals surface area contributed by atoms with E-state index in [1.54, 1.807) is 0 Å². The van der Waals surface area contributed by atoms with E-state index >= 15 is 0 Å². The van der Waals surface area contributed by atoms with Gasteiger partial charge in [0.25, 0.3) is 5.91 Å². The molecule has 3 aromatic rings. The molecule has 0 radical (unpaired) electrons. The van der Waals surface area contributed by atoms with Crippen LogP contribution in [0.3, 0.4) is 0 Å². The molecule has 0 atom stereocenters. The van der Waals surface area contributed by atoms with E-state index in [-0.39, 0.29) is 5.91 Å². The van der Waals surface area contributed by atoms with Crippen molar-refractivity contribution in [2.45, 2.75) is 38.6 Å². The Labute approximate surface area is 182 Å². The summed E-state index contributed by atoms with van der Waals surface area (Å²) < 4.78 is 5.89. The number of rotatable bonds is 4. The molecule has 2 aromatic carbocycles. The van der Waals surface area contributed by atoms with Crippen molar-refractivity contribution in [1.29, 1.82) is 0 Å². The van der Waals surface area contributed by atoms with Gasteiger partial charge in [-0.25, -0.2) is 0 Å². The lowest BCUT2D eigenvalue weighted by atomic mass is 10.0. The molecule has 31 heavy (non-hydrogen) atoms. The van der Waals surface area contributed by atoms with Crippen molar-refractivity contribution in [3.8, 4) is 22.9 Å². The van der Waals surface area contributed by atoms with Crippen molar-refractivity contribution in [3.05, 3.63) is 59.7 Å². The summed E-state index contributed by atoms with van der Waals surface area (Å²) in [6.07, 6.45) is 4.79. The van der Waals surface area contributed by atoms with Gasteiger partial charge in [0, 0.05) is 35.8 Å². The van der Waals surface area contributed by atoms with Crippen molar-refractivity contribution < 1.29 is 9.21 Å². The van der Waals surface area contributed by atoms with E-state index in [1.807, 2.05) is 60.4 Å². The molecule has 2 aliphatic heterocycles. The van der Waals surface area contributed by atoms with Crippen LogP contribution in [0.2, 0.25) is 0 Å². The molecule has 1 amide bonds. The number of carbonyl (C=O) groups is 1. The Morgan fingerprint density at radius 2 is 1.58 bits per heavy atom. The Morgan fingerprint density at radius 1 is 0.903 bits per heavy atom. The molecule has 160 valence electrons. The fourth-order valence-electron chi connectivity index (χ4n) is 4.74. The third-order valence-electron chi connectivity index (χ3n) is 6.59. The van der Waals surface area contributed by atoms with Gasteiger partial charge in [-0.1, -0.05) is 18.2 Å². The lowest BCUT2D eigenvalue weighted by Gasteiger charge is -2.36. The topological polar surface area (TPSA) is 62.5 Å². The predicted octanol–water partition coefficient (Wildman–Crippen LogP) is 4.41. The van der Waals surface area contributed by atoms with Gasteiger partial charge in [0.2, 0.25) is 11.8 Å². The first-order valence-electron chi connectivity index (χ1n) is 11.2. The smallest absolute Gasteiger partial charge is 0.253 e. The van der Waals surface area contributed by atoms with E-state index in [2.05, 4.69) is 15.1 Å². The highest BCUT2D eigenvalue weighted by Gasteiger charge is 2.28. The maximum Gasteiger partial charge on any atom is 0.253 e. The molecule has 1 aromatic heterocycles. The van der Waals surface area contributed by atoms with E-state index in [0.29, 0.717) is 23.4 Å². The molecule has 0 aliphatic carbocycles. The first-order valence-corrected chi connectivity index (χ1v) is 11.2. The molecule has 0 spiro atoms. The molecule has 3 heterocycles. The van der Waals surface area contributed by atoms with Crippen LogP contribution in [-0.2, 0) is 0 Å². The molecule has 6 heteroatoms. The lowest BCUT2D eigenvalue weighted by molar-refractivity contribution is 0.0644. The van der Waals surface area contributed by atoms with Crippen LogP contribution in [0, 0.1) is 6.92 Å². The first kappa shape index (κ1) is 19.9. The molecule has 0 bridgehead atoms. The van der Waals surface area contributed by atoms with Gasteiger partial charge in [0.05, 0.1) is 0 Å². The molecule has 0 unspecified atom stereocenters. The zero-order valence-corrected chi connectivity index (χ0v) is 18.0. The summed E-state index contributed by atoms with van der Waals surface area (Å²) in [5.41, 5.74) is 3.55. The minimum absolute atomic E-state index is 0.109. The fraction of sp³-hybridized carbons (Fsp3) is 0.400. The fourth-order valence-corrected chi connectivity index (χ4v) is 4.74. The first-order chi connectivity index (χ1) is 15.2. The summed E-state index contributed by atoms with van der Waals surface area (Å²) in [7, 11) is 0. The van der Waals surface area contributed by atoms with Crippen LogP contribution in [0.25, 0.3) is 22.9 Å². The monoisotopic (exact) mass is 416 g/mol. The standard InChI is InChI=1S/C25H28N4O2/c1-18-6-2-3-7-22(18)24-27-26-23(31-24)19-8-10-20(11-9-19)25(30)29-16-12-21(13-17-29)28-14-4-5-15-28/h2-3,6-11,21H,4-5,12-17H2,1H3. The second-order valence-electron chi connectivity index (χ2n) is 8.57. The quantitative estimate of drug-likeness (QED) is 0.630. The predicted molar refractivity (Wildman–Crippen MR) is 120 cm³/mol. The number of likely N-dealkylation sites (tertiary alicyclic amines) is 2. The number of amides is 1. The maximum atomic E-state index is 13.0. The number of hydrogen-bond donors (Lipinski definition) is 0. The Morgan fingerprint density at radius 3 is 2.29 bits per heavy atom. The Kier molecular flexibility index (Phi) is 5.55. The van der Waals surface area contributed by atoms with Crippen molar-refractivity contribution in [1.82, 2.24) is 20.0 Å². The van der Waals surface area contributed by atoms with E-state index in [0.717, 1.165) is 42.6 Å². The minimum Gasteiger partial charge on any atom is -0.416 e. The normalized spacial score (nSPS) is 17.9. The lowest BCUT2D eigenvalue weighted by Crippen LogP contribution is -2.45. The third-order valence-corrected chi connectivity index (χ3v) is 6.59. The summed E-state index contributed by atoms with van der Waals surface area (Å²) in [6.45, 7) is 6.15. The van der Waals surface area contributed by atoms with Gasteiger partial charge >= 0.3 is 0 Å². The highest BCUT2D eigenvalue weighted by atomic mass is 16.4. The van der Waals surface area contributed by atoms with Gasteiger partial charge in [-0.05, 0) is 81.6 Å². The van der Waals surface area contributed by atoms with Crippen LogP contribution in [0.1, 0.15) is 41.6 Å². The van der Waals surface area contributed by atoms with Gasteiger partial charge < -0.3 is 14.2 Å². The van der Waals surface area contributed by atoms with Gasteiger partial charge in [0.1, 0.15) is 0 Å².